The van der Waals surface area contributed by atoms with Crippen molar-refractivity contribution in [3.05, 3.63) is 70.3 Å². The molecule has 0 spiro atoms. The van der Waals surface area contributed by atoms with Gasteiger partial charge in [-0.15, -0.1) is 0 Å². The molecular weight excluding hydrogens is 248 g/mol. The largest absolute Gasteiger partial charge is 0.481 e. The predicted molar refractivity (Wildman–Crippen MR) is 79.1 cm³/mol. The summed E-state index contributed by atoms with van der Waals surface area (Å²) in [5.74, 6) is -1.20. The topological polar surface area (TPSA) is 37.3 Å². The van der Waals surface area contributed by atoms with Crippen LogP contribution >= 0.6 is 0 Å². The van der Waals surface area contributed by atoms with E-state index in [1.165, 1.54) is 22.3 Å². The molecule has 0 fully saturated rings. The fourth-order valence-corrected chi connectivity index (χ4v) is 2.91. The molecule has 0 heterocycles. The Kier molecular flexibility index (Phi) is 3.31. The van der Waals surface area contributed by atoms with Crippen LogP contribution in [0, 0.1) is 0 Å². The van der Waals surface area contributed by atoms with Gasteiger partial charge >= 0.3 is 5.97 Å². The van der Waals surface area contributed by atoms with Crippen molar-refractivity contribution < 1.29 is 9.90 Å². The van der Waals surface area contributed by atoms with E-state index in [1.807, 2.05) is 6.07 Å². The molecule has 1 aliphatic rings. The Morgan fingerprint density at radius 3 is 2.40 bits per heavy atom. The van der Waals surface area contributed by atoms with E-state index in [0.717, 1.165) is 24.8 Å². The highest BCUT2D eigenvalue weighted by molar-refractivity contribution is 5.75. The lowest BCUT2D eigenvalue weighted by molar-refractivity contribution is -0.138. The molecule has 0 bridgehead atoms. The normalized spacial score (nSPS) is 14.8. The van der Waals surface area contributed by atoms with Gasteiger partial charge in [-0.2, -0.15) is 0 Å². The van der Waals surface area contributed by atoms with Crippen LogP contribution in [-0.4, -0.2) is 11.1 Å². The van der Waals surface area contributed by atoms with Gasteiger partial charge in [-0.05, 0) is 54.0 Å². The van der Waals surface area contributed by atoms with Crippen LogP contribution in [0.25, 0.3) is 0 Å². The van der Waals surface area contributed by atoms with Gasteiger partial charge in [0.05, 0.1) is 5.92 Å². The second kappa shape index (κ2) is 5.12. The lowest BCUT2D eigenvalue weighted by Crippen LogP contribution is -2.08. The quantitative estimate of drug-likeness (QED) is 0.902. The number of carbonyl (C=O) groups is 1. The van der Waals surface area contributed by atoms with Crippen molar-refractivity contribution in [2.45, 2.75) is 32.1 Å². The lowest BCUT2D eigenvalue weighted by atomic mass is 9.93. The summed E-state index contributed by atoms with van der Waals surface area (Å²) in [5.41, 5.74) is 6.34. The highest BCUT2D eigenvalue weighted by atomic mass is 16.4. The minimum Gasteiger partial charge on any atom is -0.481 e. The molecule has 0 aliphatic heterocycles. The Morgan fingerprint density at radius 2 is 1.65 bits per heavy atom. The molecule has 0 radical (unpaired) electrons. The van der Waals surface area contributed by atoms with Gasteiger partial charge in [-0.3, -0.25) is 4.79 Å². The van der Waals surface area contributed by atoms with Crippen molar-refractivity contribution >= 4 is 5.97 Å². The number of benzene rings is 2. The number of carboxylic acid groups (broad SMARTS) is 1. The van der Waals surface area contributed by atoms with Crippen molar-refractivity contribution in [2.24, 2.45) is 0 Å². The average molecular weight is 266 g/mol. The Hall–Kier alpha value is -2.09. The number of carboxylic acids is 1. The second-order valence-electron chi connectivity index (χ2n) is 5.53. The van der Waals surface area contributed by atoms with Crippen LogP contribution in [0.15, 0.2) is 42.5 Å². The van der Waals surface area contributed by atoms with Gasteiger partial charge < -0.3 is 5.11 Å². The minimum absolute atomic E-state index is 0.439. The Morgan fingerprint density at radius 1 is 1.00 bits per heavy atom. The molecule has 2 nitrogen and oxygen atoms in total. The fraction of sp³-hybridized carbons (Fsp3) is 0.278. The Bertz CT molecular complexity index is 658. The summed E-state index contributed by atoms with van der Waals surface area (Å²) in [7, 11) is 0. The highest BCUT2D eigenvalue weighted by Gasteiger charge is 2.17. The van der Waals surface area contributed by atoms with Crippen LogP contribution < -0.4 is 0 Å². The molecule has 1 atom stereocenters. The summed E-state index contributed by atoms with van der Waals surface area (Å²) in [6.45, 7) is 1.75. The predicted octanol–water partition coefficient (Wildman–Crippen LogP) is 3.56. The van der Waals surface area contributed by atoms with Crippen molar-refractivity contribution in [3.63, 3.8) is 0 Å². The average Bonchev–Trinajstić information content (AvgIpc) is 2.64. The Labute approximate surface area is 119 Å². The first kappa shape index (κ1) is 12.9. The molecule has 1 N–H and O–H groups in total. The van der Waals surface area contributed by atoms with Gasteiger partial charge in [0, 0.05) is 0 Å². The van der Waals surface area contributed by atoms with Gasteiger partial charge in [0.25, 0.3) is 0 Å². The zero-order chi connectivity index (χ0) is 14.1. The van der Waals surface area contributed by atoms with Crippen molar-refractivity contribution in [1.29, 1.82) is 0 Å². The first-order valence-corrected chi connectivity index (χ1v) is 7.06. The standard InChI is InChI=1S/C18H18O2/c1-12(18(19)20)14-7-9-17-11-15-5-3-2-4-13(15)6-8-16(17)10-14/h2-5,7,9-10,12H,6,8,11H2,1H3,(H,19,20). The molecule has 3 rings (SSSR count). The van der Waals surface area contributed by atoms with E-state index < -0.39 is 11.9 Å². The lowest BCUT2D eigenvalue weighted by Gasteiger charge is -2.11. The van der Waals surface area contributed by atoms with Crippen LogP contribution in [0.5, 0.6) is 0 Å². The summed E-state index contributed by atoms with van der Waals surface area (Å²) in [6.07, 6.45) is 2.98. The van der Waals surface area contributed by atoms with Gasteiger partial charge in [0.15, 0.2) is 0 Å². The SMILES string of the molecule is CC(C(=O)O)c1ccc2c(c1)CCc1ccccc1C2. The maximum absolute atomic E-state index is 11.1. The fourth-order valence-electron chi connectivity index (χ4n) is 2.91. The zero-order valence-electron chi connectivity index (χ0n) is 11.6. The van der Waals surface area contributed by atoms with E-state index in [2.05, 4.69) is 36.4 Å². The third-order valence-corrected chi connectivity index (χ3v) is 4.26. The highest BCUT2D eigenvalue weighted by Crippen LogP contribution is 2.27. The number of aryl methyl sites for hydroxylation is 2. The summed E-state index contributed by atoms with van der Waals surface area (Å²) >= 11 is 0. The van der Waals surface area contributed by atoms with E-state index in [1.54, 1.807) is 6.92 Å². The molecule has 102 valence electrons. The van der Waals surface area contributed by atoms with Gasteiger partial charge in [0.1, 0.15) is 0 Å². The van der Waals surface area contributed by atoms with E-state index in [9.17, 15) is 4.79 Å². The first-order chi connectivity index (χ1) is 9.65. The summed E-state index contributed by atoms with van der Waals surface area (Å²) < 4.78 is 0. The molecule has 0 aromatic heterocycles. The number of hydrogen-bond acceptors (Lipinski definition) is 1. The van der Waals surface area contributed by atoms with Crippen molar-refractivity contribution in [3.8, 4) is 0 Å². The van der Waals surface area contributed by atoms with Gasteiger partial charge in [-0.1, -0.05) is 42.5 Å². The summed E-state index contributed by atoms with van der Waals surface area (Å²) in [6, 6.07) is 14.7. The third kappa shape index (κ3) is 2.34. The third-order valence-electron chi connectivity index (χ3n) is 4.26. The molecule has 2 aromatic carbocycles. The van der Waals surface area contributed by atoms with Crippen LogP contribution in [0.2, 0.25) is 0 Å². The van der Waals surface area contributed by atoms with E-state index >= 15 is 0 Å². The molecule has 0 saturated heterocycles. The monoisotopic (exact) mass is 266 g/mol. The van der Waals surface area contributed by atoms with Crippen LogP contribution in [0.4, 0.5) is 0 Å². The molecule has 0 amide bonds. The number of hydrogen-bond donors (Lipinski definition) is 1. The number of fused-ring (bicyclic) bond motifs is 2. The van der Waals surface area contributed by atoms with Gasteiger partial charge in [-0.25, -0.2) is 0 Å². The molecule has 1 aliphatic carbocycles. The minimum atomic E-state index is -0.762. The summed E-state index contributed by atoms with van der Waals surface area (Å²) in [4.78, 5) is 11.1. The molecule has 1 unspecified atom stereocenters. The number of rotatable bonds is 2. The van der Waals surface area contributed by atoms with Crippen LogP contribution in [-0.2, 0) is 24.1 Å². The maximum atomic E-state index is 11.1. The van der Waals surface area contributed by atoms with E-state index in [4.69, 9.17) is 5.11 Å². The molecule has 20 heavy (non-hydrogen) atoms. The molecule has 0 saturated carbocycles. The van der Waals surface area contributed by atoms with E-state index in [-0.39, 0.29) is 0 Å². The molecule has 2 heteroatoms. The van der Waals surface area contributed by atoms with Crippen molar-refractivity contribution in [2.75, 3.05) is 0 Å². The smallest absolute Gasteiger partial charge is 0.310 e. The molecular formula is C18H18O2. The molecule has 2 aromatic rings. The zero-order valence-corrected chi connectivity index (χ0v) is 11.6. The maximum Gasteiger partial charge on any atom is 0.310 e. The van der Waals surface area contributed by atoms with Gasteiger partial charge in [0.2, 0.25) is 0 Å². The Balaban J connectivity index is 1.97. The van der Waals surface area contributed by atoms with E-state index in [0.29, 0.717) is 0 Å². The van der Waals surface area contributed by atoms with Crippen molar-refractivity contribution in [1.82, 2.24) is 0 Å². The van der Waals surface area contributed by atoms with Crippen LogP contribution in [0.1, 0.15) is 40.7 Å². The first-order valence-electron chi connectivity index (χ1n) is 7.06. The summed E-state index contributed by atoms with van der Waals surface area (Å²) in [5, 5.41) is 9.14. The number of aliphatic carboxylic acids is 1. The van der Waals surface area contributed by atoms with Crippen LogP contribution in [0.3, 0.4) is 0 Å². The second-order valence-corrected chi connectivity index (χ2v) is 5.53.